The van der Waals surface area contributed by atoms with Crippen molar-refractivity contribution < 1.29 is 13.9 Å². The lowest BCUT2D eigenvalue weighted by Crippen LogP contribution is -2.30. The van der Waals surface area contributed by atoms with Crippen LogP contribution in [0.4, 0.5) is 0 Å². The highest BCUT2D eigenvalue weighted by Gasteiger charge is 2.20. The molecule has 1 amide bonds. The normalized spacial score (nSPS) is 10.9. The van der Waals surface area contributed by atoms with Crippen molar-refractivity contribution >= 4 is 17.0 Å². The van der Waals surface area contributed by atoms with Crippen molar-refractivity contribution in [2.45, 2.75) is 33.4 Å². The molecule has 0 atom stereocenters. The van der Waals surface area contributed by atoms with Crippen LogP contribution in [-0.2, 0) is 19.5 Å². The Labute approximate surface area is 182 Å². The highest BCUT2D eigenvalue weighted by molar-refractivity contribution is 5.94. The van der Waals surface area contributed by atoms with Gasteiger partial charge in [-0.3, -0.25) is 4.79 Å². The molecule has 5 nitrogen and oxygen atoms in total. The van der Waals surface area contributed by atoms with Crippen LogP contribution < -0.4 is 4.74 Å². The van der Waals surface area contributed by atoms with Crippen LogP contribution in [0, 0.1) is 6.92 Å². The fourth-order valence-electron chi connectivity index (χ4n) is 3.53. The molecule has 0 saturated heterocycles. The van der Waals surface area contributed by atoms with Crippen LogP contribution in [0.3, 0.4) is 0 Å². The molecule has 0 radical (unpaired) electrons. The van der Waals surface area contributed by atoms with E-state index in [1.165, 1.54) is 5.56 Å². The molecule has 0 fully saturated rings. The Morgan fingerprint density at radius 2 is 1.68 bits per heavy atom. The van der Waals surface area contributed by atoms with E-state index in [0.29, 0.717) is 18.0 Å². The molecule has 0 spiro atoms. The second-order valence-corrected chi connectivity index (χ2v) is 7.64. The van der Waals surface area contributed by atoms with Crippen LogP contribution in [0.25, 0.3) is 11.1 Å². The molecule has 3 aromatic carbocycles. The molecule has 4 aromatic rings. The molecule has 0 saturated carbocycles. The minimum Gasteiger partial charge on any atom is -0.497 e. The summed E-state index contributed by atoms with van der Waals surface area (Å²) in [4.78, 5) is 19.7. The van der Waals surface area contributed by atoms with Gasteiger partial charge in [0, 0.05) is 12.1 Å². The van der Waals surface area contributed by atoms with Gasteiger partial charge in [0.15, 0.2) is 5.58 Å². The quantitative estimate of drug-likeness (QED) is 0.398. The van der Waals surface area contributed by atoms with Crippen LogP contribution in [0.15, 0.2) is 71.1 Å². The number of ether oxygens (including phenoxy) is 1. The molecule has 1 heterocycles. The van der Waals surface area contributed by atoms with Gasteiger partial charge in [-0.05, 0) is 66.4 Å². The highest BCUT2D eigenvalue weighted by Crippen LogP contribution is 2.21. The van der Waals surface area contributed by atoms with Crippen LogP contribution >= 0.6 is 0 Å². The van der Waals surface area contributed by atoms with Gasteiger partial charge in [0.05, 0.1) is 13.7 Å². The average Bonchev–Trinajstić information content (AvgIpc) is 3.20. The minimum atomic E-state index is -0.0584. The SMILES string of the molecule is CCc1ccc(C(=O)N(Cc2ccc(OC)cc2)Cc2nc3cc(C)ccc3o2)cc1. The first-order chi connectivity index (χ1) is 15.1. The number of oxazole rings is 1. The molecule has 31 heavy (non-hydrogen) atoms. The van der Waals surface area contributed by atoms with E-state index in [1.807, 2.05) is 73.7 Å². The molecule has 0 N–H and O–H groups in total. The van der Waals surface area contributed by atoms with E-state index in [1.54, 1.807) is 12.0 Å². The van der Waals surface area contributed by atoms with E-state index in [9.17, 15) is 4.79 Å². The van der Waals surface area contributed by atoms with E-state index in [-0.39, 0.29) is 12.5 Å². The van der Waals surface area contributed by atoms with Crippen molar-refractivity contribution in [3.05, 3.63) is 94.9 Å². The zero-order valence-electron chi connectivity index (χ0n) is 18.1. The van der Waals surface area contributed by atoms with Gasteiger partial charge in [0.25, 0.3) is 5.91 Å². The summed E-state index contributed by atoms with van der Waals surface area (Å²) in [6.07, 6.45) is 0.937. The van der Waals surface area contributed by atoms with Gasteiger partial charge in [-0.2, -0.15) is 0 Å². The topological polar surface area (TPSA) is 55.6 Å². The molecule has 0 aliphatic heterocycles. The van der Waals surface area contributed by atoms with Gasteiger partial charge >= 0.3 is 0 Å². The van der Waals surface area contributed by atoms with Crippen LogP contribution in [0.5, 0.6) is 5.75 Å². The maximum atomic E-state index is 13.4. The second kappa shape index (κ2) is 9.04. The first kappa shape index (κ1) is 20.7. The van der Waals surface area contributed by atoms with Crippen molar-refractivity contribution in [2.75, 3.05) is 7.11 Å². The molecule has 4 rings (SSSR count). The summed E-state index contributed by atoms with van der Waals surface area (Å²) in [5.41, 5.74) is 5.51. The lowest BCUT2D eigenvalue weighted by molar-refractivity contribution is 0.0715. The number of aryl methyl sites for hydroxylation is 2. The molecule has 0 aliphatic carbocycles. The number of hydrogen-bond donors (Lipinski definition) is 0. The van der Waals surface area contributed by atoms with Crippen LogP contribution in [0.1, 0.15) is 39.9 Å². The number of nitrogens with zero attached hydrogens (tertiary/aromatic N) is 2. The zero-order valence-corrected chi connectivity index (χ0v) is 18.1. The van der Waals surface area contributed by atoms with Crippen molar-refractivity contribution in [2.24, 2.45) is 0 Å². The molecular weight excluding hydrogens is 388 g/mol. The highest BCUT2D eigenvalue weighted by atomic mass is 16.5. The number of methoxy groups -OCH3 is 1. The first-order valence-corrected chi connectivity index (χ1v) is 10.4. The summed E-state index contributed by atoms with van der Waals surface area (Å²) in [7, 11) is 1.64. The smallest absolute Gasteiger partial charge is 0.254 e. The number of aromatic nitrogens is 1. The monoisotopic (exact) mass is 414 g/mol. The van der Waals surface area contributed by atoms with Crippen molar-refractivity contribution in [1.29, 1.82) is 0 Å². The molecule has 0 unspecified atom stereocenters. The fourth-order valence-corrected chi connectivity index (χ4v) is 3.53. The Hall–Kier alpha value is -3.60. The van der Waals surface area contributed by atoms with Crippen molar-refractivity contribution in [3.8, 4) is 5.75 Å². The first-order valence-electron chi connectivity index (χ1n) is 10.4. The molecular formula is C26H26N2O3. The summed E-state index contributed by atoms with van der Waals surface area (Å²) in [6, 6.07) is 21.4. The molecule has 1 aromatic heterocycles. The predicted molar refractivity (Wildman–Crippen MR) is 121 cm³/mol. The third-order valence-electron chi connectivity index (χ3n) is 5.34. The van der Waals surface area contributed by atoms with Gasteiger partial charge in [0.2, 0.25) is 5.89 Å². The predicted octanol–water partition coefficient (Wildman–Crippen LogP) is 5.55. The summed E-state index contributed by atoms with van der Waals surface area (Å²) < 4.78 is 11.2. The van der Waals surface area contributed by atoms with E-state index < -0.39 is 0 Å². The zero-order chi connectivity index (χ0) is 21.8. The number of fused-ring (bicyclic) bond motifs is 1. The largest absolute Gasteiger partial charge is 0.497 e. The molecule has 158 valence electrons. The third-order valence-corrected chi connectivity index (χ3v) is 5.34. The van der Waals surface area contributed by atoms with Gasteiger partial charge in [-0.15, -0.1) is 0 Å². The third kappa shape index (κ3) is 4.77. The summed E-state index contributed by atoms with van der Waals surface area (Å²) in [6.45, 7) is 4.85. The minimum absolute atomic E-state index is 0.0584. The van der Waals surface area contributed by atoms with Gasteiger partial charge < -0.3 is 14.1 Å². The van der Waals surface area contributed by atoms with Crippen molar-refractivity contribution in [1.82, 2.24) is 9.88 Å². The Balaban J connectivity index is 1.63. The number of benzene rings is 3. The average molecular weight is 415 g/mol. The fraction of sp³-hybridized carbons (Fsp3) is 0.231. The van der Waals surface area contributed by atoms with Crippen molar-refractivity contribution in [3.63, 3.8) is 0 Å². The van der Waals surface area contributed by atoms with Crippen LogP contribution in [0.2, 0.25) is 0 Å². The Morgan fingerprint density at radius 1 is 0.968 bits per heavy atom. The summed E-state index contributed by atoms with van der Waals surface area (Å²) in [5.74, 6) is 1.25. The lowest BCUT2D eigenvalue weighted by atomic mass is 10.1. The number of carbonyl (C=O) groups is 1. The van der Waals surface area contributed by atoms with Gasteiger partial charge in [0.1, 0.15) is 11.3 Å². The molecule has 5 heteroatoms. The van der Waals surface area contributed by atoms with E-state index in [2.05, 4.69) is 11.9 Å². The maximum Gasteiger partial charge on any atom is 0.254 e. The van der Waals surface area contributed by atoms with Crippen LogP contribution in [-0.4, -0.2) is 22.9 Å². The summed E-state index contributed by atoms with van der Waals surface area (Å²) >= 11 is 0. The number of carbonyl (C=O) groups excluding carboxylic acids is 1. The molecule has 0 bridgehead atoms. The molecule has 0 aliphatic rings. The maximum absolute atomic E-state index is 13.4. The number of amides is 1. The number of hydrogen-bond acceptors (Lipinski definition) is 4. The Kier molecular flexibility index (Phi) is 6.03. The van der Waals surface area contributed by atoms with E-state index in [0.717, 1.165) is 34.4 Å². The summed E-state index contributed by atoms with van der Waals surface area (Å²) in [5, 5.41) is 0. The Bertz CT molecular complexity index is 1180. The standard InChI is InChI=1S/C26H26N2O3/c1-4-19-6-10-21(11-7-19)26(29)28(16-20-8-12-22(30-3)13-9-20)17-25-27-23-15-18(2)5-14-24(23)31-25/h5-15H,4,16-17H2,1-3H3. The van der Waals surface area contributed by atoms with E-state index >= 15 is 0 Å². The van der Waals surface area contributed by atoms with Gasteiger partial charge in [-0.25, -0.2) is 4.98 Å². The van der Waals surface area contributed by atoms with E-state index in [4.69, 9.17) is 9.15 Å². The second-order valence-electron chi connectivity index (χ2n) is 7.64. The van der Waals surface area contributed by atoms with Gasteiger partial charge in [-0.1, -0.05) is 37.3 Å². The number of rotatable bonds is 7. The lowest BCUT2D eigenvalue weighted by Gasteiger charge is -2.22. The Morgan fingerprint density at radius 3 is 2.35 bits per heavy atom.